The number of amides is 3. The molecule has 2 fully saturated rings. The summed E-state index contributed by atoms with van der Waals surface area (Å²) in [6.45, 7) is 1.39. The lowest BCUT2D eigenvalue weighted by atomic mass is 9.74. The molecule has 8 atom stereocenters. The minimum absolute atomic E-state index is 0.1000. The van der Waals surface area contributed by atoms with Crippen LogP contribution in [-0.4, -0.2) is 70.6 Å². The molecule has 12 heteroatoms. The molecule has 0 aromatic heterocycles. The molecular weight excluding hydrogens is 738 g/mol. The molecule has 1 spiro atoms. The molecule has 0 aliphatic carbocycles. The standard InChI is InChI=1S/C39H37BrClN3O7/c1-23-33(25-13-7-3-8-14-25)50-38(49)31-32-36(47)44(29(22-45)24-11-5-2-6-12-24)35(39(32)21-28(40)34(31)51-39)37(48)43(27-18-16-26(41)17-19-27)20-10-4-9-15-30(46)42-23/h2-8,10-14,16-19,21,23,29,31-35,45H,9,15,20,22H2,1H3,(H,42,46)/b10-4-/t23-,29+,31+,32-,33+,34+,35+,39-/m0/s1. The number of benzene rings is 3. The van der Waals surface area contributed by atoms with Crippen molar-refractivity contribution in [2.75, 3.05) is 18.1 Å². The van der Waals surface area contributed by atoms with Crippen LogP contribution in [0.1, 0.15) is 43.0 Å². The monoisotopic (exact) mass is 773 g/mol. The van der Waals surface area contributed by atoms with Crippen LogP contribution in [0.15, 0.2) is 108 Å². The lowest BCUT2D eigenvalue weighted by molar-refractivity contribution is -0.161. The number of cyclic esters (lactones) is 1. The van der Waals surface area contributed by atoms with E-state index in [1.165, 1.54) is 9.80 Å². The van der Waals surface area contributed by atoms with Gasteiger partial charge in [-0.15, -0.1) is 0 Å². The zero-order valence-electron chi connectivity index (χ0n) is 27.7. The molecule has 5 bridgehead atoms. The third-order valence-corrected chi connectivity index (χ3v) is 11.1. The Bertz CT molecular complexity index is 1870. The van der Waals surface area contributed by atoms with E-state index in [9.17, 15) is 19.5 Å². The van der Waals surface area contributed by atoms with Crippen molar-refractivity contribution in [3.8, 4) is 0 Å². The summed E-state index contributed by atoms with van der Waals surface area (Å²) in [4.78, 5) is 60.7. The van der Waals surface area contributed by atoms with Crippen molar-refractivity contribution in [3.63, 3.8) is 0 Å². The van der Waals surface area contributed by atoms with Crippen molar-refractivity contribution in [2.24, 2.45) is 11.8 Å². The smallest absolute Gasteiger partial charge is 0.313 e. The van der Waals surface area contributed by atoms with Gasteiger partial charge in [0, 0.05) is 28.2 Å². The molecule has 51 heavy (non-hydrogen) atoms. The number of carbonyl (C=O) groups is 4. The van der Waals surface area contributed by atoms with Crippen LogP contribution in [0.2, 0.25) is 5.02 Å². The lowest BCUT2D eigenvalue weighted by Gasteiger charge is -2.38. The summed E-state index contributed by atoms with van der Waals surface area (Å²) < 4.78 is 13.5. The average molecular weight is 775 g/mol. The molecule has 2 N–H and O–H groups in total. The molecule has 264 valence electrons. The fourth-order valence-corrected chi connectivity index (χ4v) is 8.74. The van der Waals surface area contributed by atoms with Crippen LogP contribution in [0, 0.1) is 11.8 Å². The highest BCUT2D eigenvalue weighted by atomic mass is 79.9. The van der Waals surface area contributed by atoms with Gasteiger partial charge in [-0.3, -0.25) is 19.2 Å². The van der Waals surface area contributed by atoms with Crippen LogP contribution in [0.3, 0.4) is 0 Å². The number of halogens is 2. The van der Waals surface area contributed by atoms with Crippen LogP contribution < -0.4 is 10.2 Å². The van der Waals surface area contributed by atoms with Gasteiger partial charge in [0.15, 0.2) is 0 Å². The molecule has 7 rings (SSSR count). The summed E-state index contributed by atoms with van der Waals surface area (Å²) in [5, 5.41) is 14.4. The third-order valence-electron chi connectivity index (χ3n) is 10.2. The number of aliphatic hydroxyl groups is 1. The minimum atomic E-state index is -1.58. The number of allylic oxidation sites excluding steroid dienone is 1. The van der Waals surface area contributed by atoms with Gasteiger partial charge >= 0.3 is 5.97 Å². The molecule has 4 aliphatic rings. The fourth-order valence-electron chi connectivity index (χ4n) is 7.88. The van der Waals surface area contributed by atoms with E-state index >= 15 is 4.79 Å². The highest BCUT2D eigenvalue weighted by Crippen LogP contribution is 2.60. The predicted molar refractivity (Wildman–Crippen MR) is 194 cm³/mol. The Balaban J connectivity index is 1.39. The van der Waals surface area contributed by atoms with E-state index in [0.717, 1.165) is 0 Å². The molecule has 2 saturated heterocycles. The van der Waals surface area contributed by atoms with Crippen LogP contribution in [0.25, 0.3) is 0 Å². The van der Waals surface area contributed by atoms with Crippen molar-refractivity contribution in [2.45, 2.75) is 55.7 Å². The zero-order valence-corrected chi connectivity index (χ0v) is 30.1. The number of likely N-dealkylation sites (tertiary alicyclic amines) is 1. The summed E-state index contributed by atoms with van der Waals surface area (Å²) in [7, 11) is 0. The Morgan fingerprint density at radius 2 is 1.63 bits per heavy atom. The van der Waals surface area contributed by atoms with Crippen LogP contribution >= 0.6 is 27.5 Å². The van der Waals surface area contributed by atoms with E-state index in [-0.39, 0.29) is 18.9 Å². The predicted octanol–water partition coefficient (Wildman–Crippen LogP) is 5.42. The Kier molecular flexibility index (Phi) is 9.91. The Morgan fingerprint density at radius 3 is 2.31 bits per heavy atom. The molecule has 0 radical (unpaired) electrons. The van der Waals surface area contributed by atoms with Crippen molar-refractivity contribution < 1.29 is 33.8 Å². The van der Waals surface area contributed by atoms with Crippen LogP contribution in [-0.2, 0) is 28.7 Å². The van der Waals surface area contributed by atoms with E-state index in [1.54, 1.807) is 67.6 Å². The molecule has 0 unspecified atom stereocenters. The lowest BCUT2D eigenvalue weighted by Crippen LogP contribution is -2.57. The van der Waals surface area contributed by atoms with Crippen molar-refractivity contribution in [1.82, 2.24) is 10.2 Å². The Morgan fingerprint density at radius 1 is 0.941 bits per heavy atom. The third kappa shape index (κ3) is 6.30. The first-order chi connectivity index (χ1) is 24.6. The Hall–Kier alpha value is -4.29. The van der Waals surface area contributed by atoms with E-state index in [0.29, 0.717) is 32.7 Å². The largest absolute Gasteiger partial charge is 0.455 e. The van der Waals surface area contributed by atoms with Crippen LogP contribution in [0.5, 0.6) is 0 Å². The molecule has 3 amide bonds. The quantitative estimate of drug-likeness (QED) is 0.262. The van der Waals surface area contributed by atoms with Gasteiger partial charge in [-0.1, -0.05) is 100 Å². The van der Waals surface area contributed by atoms with Gasteiger partial charge in [-0.2, -0.15) is 0 Å². The Labute approximate surface area is 309 Å². The number of nitrogens with zero attached hydrogens (tertiary/aromatic N) is 2. The molecule has 4 heterocycles. The minimum Gasteiger partial charge on any atom is -0.455 e. The van der Waals surface area contributed by atoms with Crippen LogP contribution in [0.4, 0.5) is 5.69 Å². The highest BCUT2D eigenvalue weighted by Gasteiger charge is 2.75. The molecule has 3 aromatic carbocycles. The summed E-state index contributed by atoms with van der Waals surface area (Å²) >= 11 is 9.84. The molecule has 4 aliphatic heterocycles. The molecule has 10 nitrogen and oxygen atoms in total. The number of esters is 1. The number of aliphatic hydroxyl groups excluding tert-OH is 1. The number of hydrogen-bond acceptors (Lipinski definition) is 7. The number of anilines is 1. The number of carbonyl (C=O) groups excluding carboxylic acids is 4. The maximum absolute atomic E-state index is 15.2. The van der Waals surface area contributed by atoms with Crippen molar-refractivity contribution in [3.05, 3.63) is 124 Å². The first-order valence-corrected chi connectivity index (χ1v) is 18.1. The maximum atomic E-state index is 15.2. The number of ether oxygens (including phenoxy) is 2. The van der Waals surface area contributed by atoms with E-state index in [1.807, 2.05) is 42.5 Å². The average Bonchev–Trinajstić information content (AvgIpc) is 3.73. The van der Waals surface area contributed by atoms with Crippen molar-refractivity contribution >= 4 is 56.9 Å². The number of nitrogens with one attached hydrogen (secondary N) is 1. The molecular formula is C39H37BrClN3O7. The van der Waals surface area contributed by atoms with Gasteiger partial charge < -0.3 is 29.7 Å². The van der Waals surface area contributed by atoms with Gasteiger partial charge in [-0.05, 0) is 54.8 Å². The summed E-state index contributed by atoms with van der Waals surface area (Å²) in [6, 6.07) is 22.0. The topological polar surface area (TPSA) is 125 Å². The maximum Gasteiger partial charge on any atom is 0.313 e. The normalized spacial score (nSPS) is 30.8. The summed E-state index contributed by atoms with van der Waals surface area (Å²) in [6.07, 6.45) is 4.14. The van der Waals surface area contributed by atoms with E-state index < -0.39 is 72.2 Å². The van der Waals surface area contributed by atoms with Crippen molar-refractivity contribution in [1.29, 1.82) is 0 Å². The zero-order chi connectivity index (χ0) is 35.9. The first-order valence-electron chi connectivity index (χ1n) is 17.0. The molecule has 0 saturated carbocycles. The van der Waals surface area contributed by atoms with E-state index in [2.05, 4.69) is 21.2 Å². The van der Waals surface area contributed by atoms with Gasteiger partial charge in [0.1, 0.15) is 29.8 Å². The van der Waals surface area contributed by atoms with Gasteiger partial charge in [0.2, 0.25) is 11.8 Å². The second kappa shape index (κ2) is 14.4. The fraction of sp³-hybridized carbons (Fsp3) is 0.333. The van der Waals surface area contributed by atoms with Gasteiger partial charge in [-0.25, -0.2) is 0 Å². The second-order valence-corrected chi connectivity index (χ2v) is 14.6. The first kappa shape index (κ1) is 35.1. The number of rotatable bonds is 5. The molecule has 3 aromatic rings. The summed E-state index contributed by atoms with van der Waals surface area (Å²) in [5.41, 5.74) is 0.227. The van der Waals surface area contributed by atoms with Gasteiger partial charge in [0.05, 0.1) is 24.6 Å². The van der Waals surface area contributed by atoms with E-state index in [4.69, 9.17) is 21.1 Å². The highest BCUT2D eigenvalue weighted by molar-refractivity contribution is 9.11. The number of fused-ring (bicyclic) bond motifs is 2. The van der Waals surface area contributed by atoms with Gasteiger partial charge in [0.25, 0.3) is 5.91 Å². The SMILES string of the molecule is C[C@@H]1NC(=O)CC/C=C\CN(c2ccc(Cl)cc2)C(=O)[C@H]2N([C@H](CO)c3ccccc3)C(=O)[C@@H]3[C@@H](C(=O)O[C@H]1c1ccccc1)[C@@H]1O[C@@]32C=C1Br. The number of hydrogen-bond donors (Lipinski definition) is 2. The second-order valence-electron chi connectivity index (χ2n) is 13.2. The summed E-state index contributed by atoms with van der Waals surface area (Å²) in [5.74, 6) is -4.20.